The maximum atomic E-state index is 13.4. The summed E-state index contributed by atoms with van der Waals surface area (Å²) in [6.45, 7) is 2.99. The van der Waals surface area contributed by atoms with Gasteiger partial charge in [-0.2, -0.15) is 4.31 Å². The van der Waals surface area contributed by atoms with Gasteiger partial charge in [0.05, 0.1) is 16.9 Å². The van der Waals surface area contributed by atoms with Gasteiger partial charge in [0.25, 0.3) is 0 Å². The van der Waals surface area contributed by atoms with Gasteiger partial charge >= 0.3 is 0 Å². The Bertz CT molecular complexity index is 1160. The van der Waals surface area contributed by atoms with Crippen LogP contribution in [0.1, 0.15) is 29.0 Å². The summed E-state index contributed by atoms with van der Waals surface area (Å²) in [5, 5.41) is 2.33. The fourth-order valence-corrected chi connectivity index (χ4v) is 7.71. The first-order valence-corrected chi connectivity index (χ1v) is 12.5. The summed E-state index contributed by atoms with van der Waals surface area (Å²) < 4.78 is 34.0. The summed E-state index contributed by atoms with van der Waals surface area (Å²) in [5.74, 6) is 1.48. The van der Waals surface area contributed by atoms with E-state index >= 15 is 0 Å². The standard InChI is InChI=1S/C23H23NO3S2/c1-2-27-18-9-11-19(12-10-18)29(25,26)24-14-15-28-23(24)21-13-8-17-7-6-16-4-3-5-20(21)22(16)17/h3-5,8-13,23H,2,6-7,14-15H2,1H3/t23-/m1/s1. The quantitative estimate of drug-likeness (QED) is 0.591. The molecular weight excluding hydrogens is 402 g/mol. The molecule has 1 saturated heterocycles. The third kappa shape index (κ3) is 3.14. The van der Waals surface area contributed by atoms with Crippen molar-refractivity contribution in [3.8, 4) is 5.75 Å². The van der Waals surface area contributed by atoms with Crippen LogP contribution < -0.4 is 4.74 Å². The lowest BCUT2D eigenvalue weighted by Gasteiger charge is -2.25. The maximum Gasteiger partial charge on any atom is 0.244 e. The van der Waals surface area contributed by atoms with Crippen LogP contribution in [0.2, 0.25) is 0 Å². The molecule has 0 N–H and O–H groups in total. The zero-order chi connectivity index (χ0) is 20.0. The molecule has 1 atom stereocenters. The van der Waals surface area contributed by atoms with Crippen molar-refractivity contribution in [1.29, 1.82) is 0 Å². The molecular formula is C23H23NO3S2. The Balaban J connectivity index is 1.55. The molecule has 5 rings (SSSR count). The van der Waals surface area contributed by atoms with Gasteiger partial charge in [-0.25, -0.2) is 8.42 Å². The Hall–Kier alpha value is -2.02. The predicted molar refractivity (Wildman–Crippen MR) is 118 cm³/mol. The van der Waals surface area contributed by atoms with Crippen LogP contribution >= 0.6 is 11.8 Å². The van der Waals surface area contributed by atoms with E-state index in [1.54, 1.807) is 40.3 Å². The number of hydrogen-bond acceptors (Lipinski definition) is 4. The third-order valence-electron chi connectivity index (χ3n) is 5.77. The second kappa shape index (κ2) is 7.35. The number of nitrogens with zero attached hydrogens (tertiary/aromatic N) is 1. The lowest BCUT2D eigenvalue weighted by molar-refractivity contribution is 0.340. The van der Waals surface area contributed by atoms with E-state index in [2.05, 4.69) is 30.3 Å². The van der Waals surface area contributed by atoms with Gasteiger partial charge in [0.1, 0.15) is 5.75 Å². The van der Waals surface area contributed by atoms with Crippen LogP contribution in [-0.4, -0.2) is 31.6 Å². The molecule has 2 aliphatic rings. The van der Waals surface area contributed by atoms with Crippen LogP contribution in [-0.2, 0) is 22.9 Å². The van der Waals surface area contributed by atoms with E-state index in [9.17, 15) is 8.42 Å². The summed E-state index contributed by atoms with van der Waals surface area (Å²) in [6.07, 6.45) is 2.14. The molecule has 0 unspecified atom stereocenters. The van der Waals surface area contributed by atoms with Gasteiger partial charge in [-0.15, -0.1) is 11.8 Å². The number of thioether (sulfide) groups is 1. The first kappa shape index (κ1) is 19.0. The van der Waals surface area contributed by atoms with Crippen molar-refractivity contribution in [2.75, 3.05) is 18.9 Å². The molecule has 1 heterocycles. The van der Waals surface area contributed by atoms with Gasteiger partial charge < -0.3 is 4.74 Å². The smallest absolute Gasteiger partial charge is 0.244 e. The molecule has 3 aromatic carbocycles. The molecule has 0 saturated carbocycles. The fraction of sp³-hybridized carbons (Fsp3) is 0.304. The van der Waals surface area contributed by atoms with E-state index in [4.69, 9.17) is 4.74 Å². The molecule has 3 aromatic rings. The van der Waals surface area contributed by atoms with E-state index in [-0.39, 0.29) is 5.37 Å². The normalized spacial score (nSPS) is 19.1. The zero-order valence-corrected chi connectivity index (χ0v) is 17.9. The van der Waals surface area contributed by atoms with Crippen molar-refractivity contribution in [3.63, 3.8) is 0 Å². The molecule has 1 fully saturated rings. The highest BCUT2D eigenvalue weighted by Gasteiger charge is 2.38. The Labute approximate surface area is 175 Å². The average Bonchev–Trinajstić information content (AvgIpc) is 3.38. The highest BCUT2D eigenvalue weighted by atomic mass is 32.2. The topological polar surface area (TPSA) is 46.6 Å². The average molecular weight is 426 g/mol. The number of rotatable bonds is 5. The largest absolute Gasteiger partial charge is 0.494 e. The van der Waals surface area contributed by atoms with Gasteiger partial charge in [0, 0.05) is 12.3 Å². The van der Waals surface area contributed by atoms with Crippen molar-refractivity contribution >= 4 is 32.6 Å². The molecule has 4 nitrogen and oxygen atoms in total. The van der Waals surface area contributed by atoms with Crippen molar-refractivity contribution in [2.45, 2.75) is 30.0 Å². The Morgan fingerprint density at radius 1 is 1.03 bits per heavy atom. The van der Waals surface area contributed by atoms with Crippen molar-refractivity contribution in [2.24, 2.45) is 0 Å². The van der Waals surface area contributed by atoms with E-state index in [0.717, 1.165) is 24.2 Å². The number of hydrogen-bond donors (Lipinski definition) is 0. The highest BCUT2D eigenvalue weighted by Crippen LogP contribution is 2.45. The van der Waals surface area contributed by atoms with Crippen LogP contribution in [0.4, 0.5) is 0 Å². The fourth-order valence-electron chi connectivity index (χ4n) is 4.44. The van der Waals surface area contributed by atoms with Crippen LogP contribution in [0.15, 0.2) is 59.5 Å². The minimum absolute atomic E-state index is 0.198. The molecule has 150 valence electrons. The van der Waals surface area contributed by atoms with Gasteiger partial charge in [0.2, 0.25) is 10.0 Å². The number of sulfonamides is 1. The molecule has 1 aliphatic carbocycles. The lowest BCUT2D eigenvalue weighted by atomic mass is 10.00. The molecule has 0 aromatic heterocycles. The van der Waals surface area contributed by atoms with Crippen LogP contribution in [0.3, 0.4) is 0 Å². The van der Waals surface area contributed by atoms with E-state index in [1.165, 1.54) is 21.9 Å². The van der Waals surface area contributed by atoms with E-state index in [0.29, 0.717) is 23.8 Å². The molecule has 1 aliphatic heterocycles. The van der Waals surface area contributed by atoms with Gasteiger partial charge in [-0.3, -0.25) is 0 Å². The second-order valence-corrected chi connectivity index (χ2v) is 10.5. The maximum absolute atomic E-state index is 13.4. The molecule has 0 spiro atoms. The second-order valence-electron chi connectivity index (χ2n) is 7.40. The summed E-state index contributed by atoms with van der Waals surface area (Å²) in [6, 6.07) is 17.5. The SMILES string of the molecule is CCOc1ccc(S(=O)(=O)N2CCS[C@@H]2c2ccc3c4c(cccc24)CC3)cc1. The molecule has 6 heteroatoms. The number of benzene rings is 3. The van der Waals surface area contributed by atoms with E-state index < -0.39 is 10.0 Å². The Kier molecular flexibility index (Phi) is 4.81. The van der Waals surface area contributed by atoms with Crippen LogP contribution in [0.5, 0.6) is 5.75 Å². The van der Waals surface area contributed by atoms with Crippen molar-refractivity contribution < 1.29 is 13.2 Å². The van der Waals surface area contributed by atoms with Crippen molar-refractivity contribution in [3.05, 3.63) is 71.3 Å². The Morgan fingerprint density at radius 2 is 1.79 bits per heavy atom. The summed E-state index contributed by atoms with van der Waals surface area (Å²) in [5.41, 5.74) is 3.86. The molecule has 29 heavy (non-hydrogen) atoms. The summed E-state index contributed by atoms with van der Waals surface area (Å²) in [4.78, 5) is 0.319. The van der Waals surface area contributed by atoms with Gasteiger partial charge in [-0.1, -0.05) is 30.3 Å². The first-order chi connectivity index (χ1) is 14.1. The first-order valence-electron chi connectivity index (χ1n) is 9.99. The summed E-state index contributed by atoms with van der Waals surface area (Å²) in [7, 11) is -3.58. The predicted octanol–water partition coefficient (Wildman–Crippen LogP) is 4.77. The van der Waals surface area contributed by atoms with Crippen molar-refractivity contribution in [1.82, 2.24) is 4.31 Å². The number of ether oxygens (including phenoxy) is 1. The molecule has 0 bridgehead atoms. The summed E-state index contributed by atoms with van der Waals surface area (Å²) >= 11 is 1.71. The third-order valence-corrected chi connectivity index (χ3v) is 9.02. The monoisotopic (exact) mass is 425 g/mol. The van der Waals surface area contributed by atoms with Crippen LogP contribution in [0, 0.1) is 0 Å². The van der Waals surface area contributed by atoms with Crippen LogP contribution in [0.25, 0.3) is 10.8 Å². The lowest BCUT2D eigenvalue weighted by Crippen LogP contribution is -2.30. The molecule has 0 amide bonds. The Morgan fingerprint density at radius 3 is 2.55 bits per heavy atom. The van der Waals surface area contributed by atoms with Gasteiger partial charge in [-0.05, 0) is 71.5 Å². The highest BCUT2D eigenvalue weighted by molar-refractivity contribution is 8.01. The number of aryl methyl sites for hydroxylation is 2. The zero-order valence-electron chi connectivity index (χ0n) is 16.3. The van der Waals surface area contributed by atoms with Gasteiger partial charge in [0.15, 0.2) is 0 Å². The van der Waals surface area contributed by atoms with E-state index in [1.807, 2.05) is 6.92 Å². The molecule has 0 radical (unpaired) electrons. The minimum atomic E-state index is -3.58. The minimum Gasteiger partial charge on any atom is -0.494 e.